The highest BCUT2D eigenvalue weighted by Crippen LogP contribution is 2.31. The van der Waals surface area contributed by atoms with Crippen molar-refractivity contribution in [2.45, 2.75) is 31.7 Å². The molecule has 2 N–H and O–H groups in total. The zero-order valence-corrected chi connectivity index (χ0v) is 14.8. The van der Waals surface area contributed by atoms with E-state index in [2.05, 4.69) is 15.6 Å². The van der Waals surface area contributed by atoms with E-state index in [9.17, 15) is 4.79 Å². The van der Waals surface area contributed by atoms with Gasteiger partial charge in [0.15, 0.2) is 0 Å². The molecule has 1 amide bonds. The molecule has 1 aliphatic rings. The minimum absolute atomic E-state index is 0.411. The highest BCUT2D eigenvalue weighted by atomic mass is 35.5. The first kappa shape index (κ1) is 17.2. The number of carbonyl (C=O) groups excluding carboxylic acids is 1. The zero-order valence-electron chi connectivity index (χ0n) is 13.3. The number of thiazole rings is 1. The molecule has 0 radical (unpaired) electrons. The fraction of sp³-hybridized carbons (Fsp3) is 0.412. The van der Waals surface area contributed by atoms with Crippen LogP contribution in [-0.2, 0) is 4.74 Å². The molecule has 24 heavy (non-hydrogen) atoms. The fourth-order valence-electron chi connectivity index (χ4n) is 2.77. The number of amides is 1. The van der Waals surface area contributed by atoms with E-state index in [1.54, 1.807) is 5.38 Å². The average Bonchev–Trinajstić information content (AvgIpc) is 3.02. The number of carbonyl (C=O) groups is 1. The molecule has 1 atom stereocenters. The number of ether oxygens (including phenoxy) is 1. The van der Waals surface area contributed by atoms with E-state index in [4.69, 9.17) is 16.3 Å². The number of nitrogens with zero attached hydrogens (tertiary/aromatic N) is 1. The van der Waals surface area contributed by atoms with Crippen LogP contribution in [0.25, 0.3) is 10.6 Å². The summed E-state index contributed by atoms with van der Waals surface area (Å²) in [7, 11) is 0. The lowest BCUT2D eigenvalue weighted by atomic mass is 10.0. The Balaban J connectivity index is 1.54. The Kier molecular flexibility index (Phi) is 6.07. The van der Waals surface area contributed by atoms with Gasteiger partial charge in [-0.3, -0.25) is 5.32 Å². The van der Waals surface area contributed by atoms with E-state index in [1.165, 1.54) is 24.2 Å². The number of nitrogens with one attached hydrogen (secondary N) is 2. The summed E-state index contributed by atoms with van der Waals surface area (Å²) in [6, 6.07) is 7.94. The molecule has 3 rings (SSSR count). The molecule has 0 bridgehead atoms. The molecule has 128 valence electrons. The van der Waals surface area contributed by atoms with Crippen molar-refractivity contribution >= 4 is 34.7 Å². The van der Waals surface area contributed by atoms with Gasteiger partial charge in [0.25, 0.3) is 0 Å². The Morgan fingerprint density at radius 3 is 3.04 bits per heavy atom. The van der Waals surface area contributed by atoms with E-state index in [0.717, 1.165) is 30.0 Å². The SMILES string of the molecule is O=C(Nc1ccccc1-c1nc(Cl)cs1)OCCC1CCCCN1. The molecule has 1 aromatic carbocycles. The van der Waals surface area contributed by atoms with Gasteiger partial charge in [0.05, 0.1) is 12.3 Å². The lowest BCUT2D eigenvalue weighted by Crippen LogP contribution is -2.35. The smallest absolute Gasteiger partial charge is 0.411 e. The van der Waals surface area contributed by atoms with Crippen LogP contribution in [-0.4, -0.2) is 30.3 Å². The maximum absolute atomic E-state index is 12.0. The third-order valence-corrected chi connectivity index (χ3v) is 5.18. The first-order chi connectivity index (χ1) is 11.7. The minimum atomic E-state index is -0.444. The third kappa shape index (κ3) is 4.69. The van der Waals surface area contributed by atoms with Gasteiger partial charge in [0, 0.05) is 17.0 Å². The van der Waals surface area contributed by atoms with Crippen molar-refractivity contribution in [3.63, 3.8) is 0 Å². The van der Waals surface area contributed by atoms with Crippen molar-refractivity contribution in [1.82, 2.24) is 10.3 Å². The summed E-state index contributed by atoms with van der Waals surface area (Å²) in [5.74, 6) is 0. The second kappa shape index (κ2) is 8.46. The lowest BCUT2D eigenvalue weighted by Gasteiger charge is -2.23. The van der Waals surface area contributed by atoms with Crippen molar-refractivity contribution in [3.8, 4) is 10.6 Å². The first-order valence-corrected chi connectivity index (χ1v) is 9.36. The molecule has 1 unspecified atom stereocenters. The number of para-hydroxylation sites is 1. The number of rotatable bonds is 5. The highest BCUT2D eigenvalue weighted by molar-refractivity contribution is 7.13. The molecule has 1 aliphatic heterocycles. The third-order valence-electron chi connectivity index (χ3n) is 3.98. The lowest BCUT2D eigenvalue weighted by molar-refractivity contribution is 0.153. The molecular weight excluding hydrogens is 346 g/mol. The van der Waals surface area contributed by atoms with E-state index in [1.807, 2.05) is 24.3 Å². The zero-order chi connectivity index (χ0) is 16.8. The number of hydrogen-bond donors (Lipinski definition) is 2. The number of anilines is 1. The van der Waals surface area contributed by atoms with Crippen LogP contribution in [0.4, 0.5) is 10.5 Å². The maximum atomic E-state index is 12.0. The Bertz CT molecular complexity index is 686. The quantitative estimate of drug-likeness (QED) is 0.816. The number of halogens is 1. The van der Waals surface area contributed by atoms with Crippen LogP contribution < -0.4 is 10.6 Å². The normalized spacial score (nSPS) is 17.5. The van der Waals surface area contributed by atoms with Gasteiger partial charge in [-0.1, -0.05) is 30.2 Å². The van der Waals surface area contributed by atoms with E-state index in [0.29, 0.717) is 23.5 Å². The summed E-state index contributed by atoms with van der Waals surface area (Å²) in [5, 5.41) is 9.23. The van der Waals surface area contributed by atoms with Gasteiger partial charge in [0.1, 0.15) is 10.2 Å². The van der Waals surface area contributed by atoms with Crippen LogP contribution in [0.2, 0.25) is 5.15 Å². The molecule has 1 saturated heterocycles. The van der Waals surface area contributed by atoms with Crippen molar-refractivity contribution in [3.05, 3.63) is 34.8 Å². The predicted molar refractivity (Wildman–Crippen MR) is 97.8 cm³/mol. The molecule has 0 saturated carbocycles. The standard InChI is InChI=1S/C17H20ClN3O2S/c18-15-11-24-16(21-15)13-6-1-2-7-14(13)20-17(22)23-10-8-12-5-3-4-9-19-12/h1-2,6-7,11-12,19H,3-5,8-10H2,(H,20,22). The van der Waals surface area contributed by atoms with Crippen LogP contribution in [0.3, 0.4) is 0 Å². The van der Waals surface area contributed by atoms with Gasteiger partial charge >= 0.3 is 6.09 Å². The first-order valence-electron chi connectivity index (χ1n) is 8.10. The Morgan fingerprint density at radius 1 is 1.42 bits per heavy atom. The summed E-state index contributed by atoms with van der Waals surface area (Å²) >= 11 is 7.33. The van der Waals surface area contributed by atoms with Crippen molar-refractivity contribution in [1.29, 1.82) is 0 Å². The monoisotopic (exact) mass is 365 g/mol. The van der Waals surface area contributed by atoms with E-state index >= 15 is 0 Å². The summed E-state index contributed by atoms with van der Waals surface area (Å²) < 4.78 is 5.31. The number of piperidine rings is 1. The minimum Gasteiger partial charge on any atom is -0.449 e. The van der Waals surface area contributed by atoms with Crippen molar-refractivity contribution in [2.75, 3.05) is 18.5 Å². The van der Waals surface area contributed by atoms with E-state index in [-0.39, 0.29) is 0 Å². The van der Waals surface area contributed by atoms with Crippen molar-refractivity contribution < 1.29 is 9.53 Å². The molecule has 2 aromatic rings. The van der Waals surface area contributed by atoms with Crippen LogP contribution in [0, 0.1) is 0 Å². The molecule has 1 fully saturated rings. The van der Waals surface area contributed by atoms with Crippen LogP contribution >= 0.6 is 22.9 Å². The molecule has 2 heterocycles. The van der Waals surface area contributed by atoms with Gasteiger partial charge in [-0.25, -0.2) is 9.78 Å². The van der Waals surface area contributed by atoms with Gasteiger partial charge < -0.3 is 10.1 Å². The number of hydrogen-bond acceptors (Lipinski definition) is 5. The van der Waals surface area contributed by atoms with Gasteiger partial charge in [-0.2, -0.15) is 0 Å². The van der Waals surface area contributed by atoms with Gasteiger partial charge in [-0.05, 0) is 37.9 Å². The van der Waals surface area contributed by atoms with Crippen LogP contribution in [0.1, 0.15) is 25.7 Å². The highest BCUT2D eigenvalue weighted by Gasteiger charge is 2.14. The summed E-state index contributed by atoms with van der Waals surface area (Å²) in [5.41, 5.74) is 1.50. The number of aromatic nitrogens is 1. The van der Waals surface area contributed by atoms with Gasteiger partial charge in [-0.15, -0.1) is 11.3 Å². The largest absolute Gasteiger partial charge is 0.449 e. The average molecular weight is 366 g/mol. The topological polar surface area (TPSA) is 63.2 Å². The maximum Gasteiger partial charge on any atom is 0.411 e. The summed E-state index contributed by atoms with van der Waals surface area (Å²) in [6.45, 7) is 1.47. The second-order valence-corrected chi connectivity index (χ2v) is 6.96. The van der Waals surface area contributed by atoms with Gasteiger partial charge in [0.2, 0.25) is 0 Å². The Hall–Kier alpha value is -1.63. The molecule has 1 aromatic heterocycles. The van der Waals surface area contributed by atoms with Crippen LogP contribution in [0.5, 0.6) is 0 Å². The van der Waals surface area contributed by atoms with Crippen molar-refractivity contribution in [2.24, 2.45) is 0 Å². The molecule has 0 spiro atoms. The Labute approximate surface area is 150 Å². The summed E-state index contributed by atoms with van der Waals surface area (Å²) in [6.07, 6.45) is 4.03. The predicted octanol–water partition coefficient (Wildman–Crippen LogP) is 4.54. The second-order valence-electron chi connectivity index (χ2n) is 5.72. The molecule has 0 aliphatic carbocycles. The fourth-order valence-corrected chi connectivity index (χ4v) is 3.75. The molecule has 7 heteroatoms. The molecule has 5 nitrogen and oxygen atoms in total. The molecular formula is C17H20ClN3O2S. The summed E-state index contributed by atoms with van der Waals surface area (Å²) in [4.78, 5) is 16.3. The van der Waals surface area contributed by atoms with Crippen LogP contribution in [0.15, 0.2) is 29.6 Å². The Morgan fingerprint density at radius 2 is 2.29 bits per heavy atom. The van der Waals surface area contributed by atoms with E-state index < -0.39 is 6.09 Å². The number of benzene rings is 1.